The van der Waals surface area contributed by atoms with Crippen LogP contribution < -0.4 is 68.7 Å². The van der Waals surface area contributed by atoms with E-state index in [0.29, 0.717) is 0 Å². The maximum absolute atomic E-state index is 8.52. The van der Waals surface area contributed by atoms with E-state index in [1.54, 1.807) is 0 Å². The van der Waals surface area contributed by atoms with Crippen LogP contribution in [0.1, 0.15) is 0 Å². The molecule has 0 fully saturated rings. The fraction of sp³-hybridized carbons (Fsp3) is 0. The van der Waals surface area contributed by atoms with E-state index in [2.05, 4.69) is 0 Å². The van der Waals surface area contributed by atoms with Gasteiger partial charge in [0.25, 0.3) is 0 Å². The van der Waals surface area contributed by atoms with Crippen molar-refractivity contribution in [2.45, 2.75) is 0 Å². The fourth-order valence-corrected chi connectivity index (χ4v) is 0. The van der Waals surface area contributed by atoms with Gasteiger partial charge in [0, 0.05) is 9.17 Å². The van der Waals surface area contributed by atoms with E-state index in [-0.39, 0.29) is 86.4 Å². The zero-order valence-electron chi connectivity index (χ0n) is 4.43. The Bertz CT molecular complexity index is 35.9. The van der Waals surface area contributed by atoms with Crippen molar-refractivity contribution in [2.24, 2.45) is 0 Å². The molecule has 0 aliphatic rings. The average molecular weight is 331 g/mol. The second-order valence-electron chi connectivity index (χ2n) is 0.250. The van der Waals surface area contributed by atoms with Crippen LogP contribution in [0.5, 0.6) is 0 Å². The Morgan fingerprint density at radius 3 is 1.14 bits per heavy atom. The van der Waals surface area contributed by atoms with Crippen molar-refractivity contribution in [2.75, 3.05) is 0 Å². The van der Waals surface area contributed by atoms with Crippen LogP contribution >= 0.6 is 0 Å². The molecule has 30 valence electrons. The first-order valence-electron chi connectivity index (χ1n) is 0.612. The molecule has 0 spiro atoms. The van der Waals surface area contributed by atoms with E-state index in [0.717, 1.165) is 0 Å². The van der Waals surface area contributed by atoms with Crippen LogP contribution in [0.2, 0.25) is 0 Å². The minimum atomic E-state index is -3.63. The molecule has 0 aliphatic heterocycles. The van der Waals surface area contributed by atoms with Gasteiger partial charge in [-0.3, -0.25) is 0 Å². The van der Waals surface area contributed by atoms with Gasteiger partial charge >= 0.3 is 86.4 Å². The predicted octanol–water partition coefficient (Wildman–Crippen LogP) is -9.79. The first-order chi connectivity index (χ1) is 1.73. The Morgan fingerprint density at radius 1 is 1.14 bits per heavy atom. The molecule has 0 aromatic heterocycles. The SMILES string of the molecule is O=[Si]([O-])[O-].[Na+].[Na+].[PbH2]. The Balaban J connectivity index is -0.0000000150. The summed E-state index contributed by atoms with van der Waals surface area (Å²) in [7, 11) is -3.63. The van der Waals surface area contributed by atoms with Crippen molar-refractivity contribution < 1.29 is 73.2 Å². The van der Waals surface area contributed by atoms with Crippen LogP contribution in [0.15, 0.2) is 0 Å². The molecule has 0 amide bonds. The molecule has 0 bridgehead atoms. The molecule has 3 nitrogen and oxygen atoms in total. The third kappa shape index (κ3) is 56.6. The van der Waals surface area contributed by atoms with Crippen LogP contribution in [-0.4, -0.2) is 36.5 Å². The Labute approximate surface area is 108 Å². The molecule has 2 radical (unpaired) electrons. The van der Waals surface area contributed by atoms with Gasteiger partial charge in [-0.2, -0.15) is 0 Å². The first-order valence-corrected chi connectivity index (χ1v) is 1.84. The number of rotatable bonds is 0. The van der Waals surface area contributed by atoms with Crippen LogP contribution in [0.4, 0.5) is 0 Å². The first kappa shape index (κ1) is 22.7. The molecule has 7 heteroatoms. The molecule has 0 atom stereocenters. The van der Waals surface area contributed by atoms with Gasteiger partial charge in [0.2, 0.25) is 0 Å². The van der Waals surface area contributed by atoms with Gasteiger partial charge in [0.05, 0.1) is 0 Å². The van der Waals surface area contributed by atoms with E-state index in [1.807, 2.05) is 0 Å². The van der Waals surface area contributed by atoms with Crippen molar-refractivity contribution >= 4 is 36.5 Å². The third-order valence-electron chi connectivity index (χ3n) is 0. The van der Waals surface area contributed by atoms with Crippen molar-refractivity contribution in [1.29, 1.82) is 0 Å². The molecule has 0 N–H and O–H groups in total. The van der Waals surface area contributed by atoms with Crippen molar-refractivity contribution in [1.82, 2.24) is 0 Å². The molecule has 0 saturated heterocycles. The molecule has 0 heterocycles. The van der Waals surface area contributed by atoms with Crippen LogP contribution in [0, 0.1) is 0 Å². The summed E-state index contributed by atoms with van der Waals surface area (Å²) in [5.41, 5.74) is 0. The normalized spacial score (nSPS) is 3.43. The van der Waals surface area contributed by atoms with Crippen LogP contribution in [-0.2, 0) is 4.46 Å². The standard InChI is InChI=1S/2Na.O3Si.Pb.2H/c;;1-4(2)3;;;/q2*+1;-2;;;. The Morgan fingerprint density at radius 2 is 1.14 bits per heavy atom. The van der Waals surface area contributed by atoms with Gasteiger partial charge in [-0.25, -0.2) is 0 Å². The number of hydrogen-bond acceptors (Lipinski definition) is 3. The fourth-order valence-electron chi connectivity index (χ4n) is 0. The molecule has 0 unspecified atom stereocenters. The summed E-state index contributed by atoms with van der Waals surface area (Å²) >= 11 is 0. The summed E-state index contributed by atoms with van der Waals surface area (Å²) in [5.74, 6) is 0. The van der Waals surface area contributed by atoms with E-state index >= 15 is 0 Å². The zero-order valence-corrected chi connectivity index (χ0v) is 14.9. The molecule has 0 saturated carbocycles. The summed E-state index contributed by atoms with van der Waals surface area (Å²) in [4.78, 5) is 17.0. The Hall–Kier alpha value is 2.54. The molecule has 0 aliphatic carbocycles. The second-order valence-corrected chi connectivity index (χ2v) is 0.750. The molecular weight excluding hydrogens is 329 g/mol. The third-order valence-corrected chi connectivity index (χ3v) is 0. The molecule has 0 rings (SSSR count). The van der Waals surface area contributed by atoms with Gasteiger partial charge in [-0.05, 0) is 0 Å². The summed E-state index contributed by atoms with van der Waals surface area (Å²) in [6, 6.07) is 0. The van der Waals surface area contributed by atoms with E-state index in [4.69, 9.17) is 14.1 Å². The second kappa shape index (κ2) is 15.8. The van der Waals surface area contributed by atoms with Crippen LogP contribution in [0.3, 0.4) is 0 Å². The van der Waals surface area contributed by atoms with Gasteiger partial charge < -0.3 is 14.1 Å². The monoisotopic (exact) mass is 332 g/mol. The number of hydrogen-bond donors (Lipinski definition) is 0. The summed E-state index contributed by atoms with van der Waals surface area (Å²) in [6.07, 6.45) is 0. The molecule has 0 aromatic carbocycles. The van der Waals surface area contributed by atoms with Crippen LogP contribution in [0.25, 0.3) is 0 Å². The Kier molecular flexibility index (Phi) is 51.2. The van der Waals surface area contributed by atoms with E-state index < -0.39 is 9.17 Å². The summed E-state index contributed by atoms with van der Waals surface area (Å²) < 4.78 is 8.52. The maximum atomic E-state index is 8.52. The minimum absolute atomic E-state index is 0. The topological polar surface area (TPSA) is 63.2 Å². The molecule has 7 heavy (non-hydrogen) atoms. The summed E-state index contributed by atoms with van der Waals surface area (Å²) in [5, 5.41) is 0. The van der Waals surface area contributed by atoms with Crippen molar-refractivity contribution in [3.8, 4) is 0 Å². The molecule has 0 aromatic rings. The van der Waals surface area contributed by atoms with E-state index in [9.17, 15) is 0 Å². The van der Waals surface area contributed by atoms with Crippen molar-refractivity contribution in [3.05, 3.63) is 0 Å². The summed E-state index contributed by atoms with van der Waals surface area (Å²) in [6.45, 7) is 0. The van der Waals surface area contributed by atoms with Crippen molar-refractivity contribution in [3.63, 3.8) is 0 Å². The van der Waals surface area contributed by atoms with Gasteiger partial charge in [0.15, 0.2) is 0 Å². The zero-order chi connectivity index (χ0) is 3.58. The van der Waals surface area contributed by atoms with E-state index in [1.165, 1.54) is 0 Å². The van der Waals surface area contributed by atoms with Gasteiger partial charge in [0.1, 0.15) is 0 Å². The predicted molar refractivity (Wildman–Crippen MR) is 15.0 cm³/mol. The average Bonchev–Trinajstić information content (AvgIpc) is 0.811. The molecular formula is H2Na2O3PbSi. The van der Waals surface area contributed by atoms with Gasteiger partial charge in [-0.1, -0.05) is 0 Å². The quantitative estimate of drug-likeness (QED) is 0.414. The van der Waals surface area contributed by atoms with Gasteiger partial charge in [-0.15, -0.1) is 0 Å².